The molecule has 0 heterocycles. The highest BCUT2D eigenvalue weighted by atomic mass is 35.5. The molecule has 23 heavy (non-hydrogen) atoms. The lowest BCUT2D eigenvalue weighted by molar-refractivity contribution is 0.0950. The van der Waals surface area contributed by atoms with Crippen molar-refractivity contribution >= 4 is 27.5 Å². The zero-order chi connectivity index (χ0) is 17.2. The Morgan fingerprint density at radius 1 is 1.22 bits per heavy atom. The molecule has 0 saturated heterocycles. The van der Waals surface area contributed by atoms with Crippen molar-refractivity contribution in [1.82, 2.24) is 5.32 Å². The molecule has 0 spiro atoms. The fourth-order valence-corrected chi connectivity index (χ4v) is 3.25. The van der Waals surface area contributed by atoms with Crippen LogP contribution in [-0.2, 0) is 16.6 Å². The van der Waals surface area contributed by atoms with Crippen LogP contribution in [0.25, 0.3) is 0 Å². The maximum Gasteiger partial charge on any atom is 0.251 e. The van der Waals surface area contributed by atoms with Gasteiger partial charge in [0.15, 0.2) is 0 Å². The van der Waals surface area contributed by atoms with Gasteiger partial charge in [0, 0.05) is 17.1 Å². The Morgan fingerprint density at radius 3 is 2.48 bits per heavy atom. The quantitative estimate of drug-likeness (QED) is 0.886. The summed E-state index contributed by atoms with van der Waals surface area (Å²) in [5, 5.41) is 8.48. The molecule has 2 rings (SSSR count). The van der Waals surface area contributed by atoms with Crippen molar-refractivity contribution < 1.29 is 13.2 Å². The van der Waals surface area contributed by atoms with E-state index in [4.69, 9.17) is 16.7 Å². The third-order valence-electron chi connectivity index (χ3n) is 3.59. The summed E-state index contributed by atoms with van der Waals surface area (Å²) in [6.45, 7) is 3.63. The third-order valence-corrected chi connectivity index (χ3v) is 4.99. The number of amides is 1. The Labute approximate surface area is 140 Å². The van der Waals surface area contributed by atoms with Crippen molar-refractivity contribution in [1.29, 1.82) is 0 Å². The minimum atomic E-state index is -3.89. The minimum absolute atomic E-state index is 0.0413. The van der Waals surface area contributed by atoms with Crippen molar-refractivity contribution in [2.75, 3.05) is 0 Å². The SMILES string of the molecule is Cc1cc(C(=O)NCc2ccccc2Cl)cc(S(N)(=O)=O)c1C. The van der Waals surface area contributed by atoms with E-state index in [2.05, 4.69) is 5.32 Å². The van der Waals surface area contributed by atoms with Gasteiger partial charge in [0.1, 0.15) is 0 Å². The number of benzene rings is 2. The summed E-state index contributed by atoms with van der Waals surface area (Å²) in [6, 6.07) is 10.1. The molecule has 0 aliphatic rings. The Balaban J connectivity index is 2.27. The number of carbonyl (C=O) groups excluding carboxylic acids is 1. The summed E-state index contributed by atoms with van der Waals surface area (Å²) < 4.78 is 23.3. The zero-order valence-corrected chi connectivity index (χ0v) is 14.3. The van der Waals surface area contributed by atoms with E-state index in [0.717, 1.165) is 5.56 Å². The van der Waals surface area contributed by atoms with Gasteiger partial charge in [0.2, 0.25) is 10.0 Å². The van der Waals surface area contributed by atoms with E-state index in [1.54, 1.807) is 38.1 Å². The average Bonchev–Trinajstić information content (AvgIpc) is 2.47. The lowest BCUT2D eigenvalue weighted by atomic mass is 10.1. The smallest absolute Gasteiger partial charge is 0.251 e. The van der Waals surface area contributed by atoms with Crippen molar-refractivity contribution in [3.8, 4) is 0 Å². The molecule has 2 aromatic carbocycles. The lowest BCUT2D eigenvalue weighted by Gasteiger charge is -2.11. The summed E-state index contributed by atoms with van der Waals surface area (Å²) in [5.41, 5.74) is 2.23. The first-order chi connectivity index (χ1) is 10.7. The van der Waals surface area contributed by atoms with Crippen LogP contribution in [0.2, 0.25) is 5.02 Å². The molecule has 122 valence electrons. The van der Waals surface area contributed by atoms with Crippen LogP contribution in [-0.4, -0.2) is 14.3 Å². The van der Waals surface area contributed by atoms with Gasteiger partial charge in [-0.25, -0.2) is 13.6 Å². The summed E-state index contributed by atoms with van der Waals surface area (Å²) >= 11 is 6.04. The predicted molar refractivity (Wildman–Crippen MR) is 89.9 cm³/mol. The van der Waals surface area contributed by atoms with E-state index in [1.165, 1.54) is 6.07 Å². The maximum atomic E-state index is 12.3. The van der Waals surface area contributed by atoms with E-state index in [-0.39, 0.29) is 17.0 Å². The lowest BCUT2D eigenvalue weighted by Crippen LogP contribution is -2.24. The number of halogens is 1. The van der Waals surface area contributed by atoms with Crippen molar-refractivity contribution in [3.05, 3.63) is 63.7 Å². The Bertz CT molecular complexity index is 864. The molecule has 0 bridgehead atoms. The number of nitrogens with two attached hydrogens (primary N) is 1. The molecule has 0 fully saturated rings. The standard InChI is InChI=1S/C16H17ClN2O3S/c1-10-7-13(8-15(11(10)2)23(18,21)22)16(20)19-9-12-5-3-4-6-14(12)17/h3-8H,9H2,1-2H3,(H,19,20)(H2,18,21,22). The number of primary sulfonamides is 1. The number of aryl methyl sites for hydroxylation is 1. The number of carbonyl (C=O) groups is 1. The normalized spacial score (nSPS) is 11.3. The average molecular weight is 353 g/mol. The second kappa shape index (κ2) is 6.70. The first kappa shape index (κ1) is 17.5. The van der Waals surface area contributed by atoms with E-state index in [9.17, 15) is 13.2 Å². The number of rotatable bonds is 4. The van der Waals surface area contributed by atoms with Crippen LogP contribution < -0.4 is 10.5 Å². The third kappa shape index (κ3) is 4.10. The molecule has 3 N–H and O–H groups in total. The molecule has 0 atom stereocenters. The highest BCUT2D eigenvalue weighted by molar-refractivity contribution is 7.89. The van der Waals surface area contributed by atoms with Gasteiger partial charge in [-0.3, -0.25) is 4.79 Å². The van der Waals surface area contributed by atoms with Crippen molar-refractivity contribution in [3.63, 3.8) is 0 Å². The molecule has 5 nitrogen and oxygen atoms in total. The zero-order valence-electron chi connectivity index (χ0n) is 12.8. The molecular formula is C16H17ClN2O3S. The second-order valence-electron chi connectivity index (χ2n) is 5.24. The molecule has 0 aromatic heterocycles. The first-order valence-corrected chi connectivity index (χ1v) is 8.78. The topological polar surface area (TPSA) is 89.3 Å². The molecule has 0 saturated carbocycles. The van der Waals surface area contributed by atoms with Crippen LogP contribution in [0.1, 0.15) is 27.0 Å². The van der Waals surface area contributed by atoms with E-state index >= 15 is 0 Å². The molecule has 0 aliphatic heterocycles. The van der Waals surface area contributed by atoms with Crippen molar-refractivity contribution in [2.45, 2.75) is 25.3 Å². The van der Waals surface area contributed by atoms with Gasteiger partial charge in [0.05, 0.1) is 4.90 Å². The number of sulfonamides is 1. The predicted octanol–water partition coefficient (Wildman–Crippen LogP) is 2.53. The van der Waals surface area contributed by atoms with Gasteiger partial charge in [0.25, 0.3) is 5.91 Å². The number of hydrogen-bond acceptors (Lipinski definition) is 3. The Hall–Kier alpha value is -1.89. The molecule has 1 amide bonds. The Kier molecular flexibility index (Phi) is 5.09. The van der Waals surface area contributed by atoms with Gasteiger partial charge in [-0.15, -0.1) is 0 Å². The van der Waals surface area contributed by atoms with Gasteiger partial charge < -0.3 is 5.32 Å². The van der Waals surface area contributed by atoms with Crippen LogP contribution in [0.5, 0.6) is 0 Å². The second-order valence-corrected chi connectivity index (χ2v) is 7.17. The van der Waals surface area contributed by atoms with Crippen LogP contribution in [0.15, 0.2) is 41.3 Å². The largest absolute Gasteiger partial charge is 0.348 e. The van der Waals surface area contributed by atoms with Gasteiger partial charge in [-0.1, -0.05) is 29.8 Å². The molecule has 0 radical (unpaired) electrons. The summed E-state index contributed by atoms with van der Waals surface area (Å²) in [7, 11) is -3.89. The number of hydrogen-bond donors (Lipinski definition) is 2. The number of nitrogens with one attached hydrogen (secondary N) is 1. The van der Waals surface area contributed by atoms with Gasteiger partial charge in [-0.05, 0) is 48.7 Å². The maximum absolute atomic E-state index is 12.3. The monoisotopic (exact) mass is 352 g/mol. The van der Waals surface area contributed by atoms with E-state index < -0.39 is 15.9 Å². The van der Waals surface area contributed by atoms with Crippen LogP contribution >= 0.6 is 11.6 Å². The van der Waals surface area contributed by atoms with E-state index in [1.807, 2.05) is 6.07 Å². The minimum Gasteiger partial charge on any atom is -0.348 e. The molecule has 0 unspecified atom stereocenters. The van der Waals surface area contributed by atoms with E-state index in [0.29, 0.717) is 16.1 Å². The van der Waals surface area contributed by atoms with Crippen LogP contribution in [0, 0.1) is 13.8 Å². The molecule has 2 aromatic rings. The van der Waals surface area contributed by atoms with Crippen molar-refractivity contribution in [2.24, 2.45) is 5.14 Å². The van der Waals surface area contributed by atoms with Crippen LogP contribution in [0.4, 0.5) is 0 Å². The first-order valence-electron chi connectivity index (χ1n) is 6.86. The van der Waals surface area contributed by atoms with Crippen LogP contribution in [0.3, 0.4) is 0 Å². The highest BCUT2D eigenvalue weighted by Gasteiger charge is 2.17. The summed E-state index contributed by atoms with van der Waals surface area (Å²) in [6.07, 6.45) is 0. The van der Waals surface area contributed by atoms with Gasteiger partial charge >= 0.3 is 0 Å². The molecular weight excluding hydrogens is 336 g/mol. The fraction of sp³-hybridized carbons (Fsp3) is 0.188. The fourth-order valence-electron chi connectivity index (χ4n) is 2.17. The summed E-state index contributed by atoms with van der Waals surface area (Å²) in [5.74, 6) is -0.391. The highest BCUT2D eigenvalue weighted by Crippen LogP contribution is 2.20. The molecule has 0 aliphatic carbocycles. The molecule has 7 heteroatoms. The summed E-state index contributed by atoms with van der Waals surface area (Å²) in [4.78, 5) is 12.2. The van der Waals surface area contributed by atoms with Gasteiger partial charge in [-0.2, -0.15) is 0 Å². The Morgan fingerprint density at radius 2 is 1.87 bits per heavy atom.